The Hall–Kier alpha value is -4.96. The van der Waals surface area contributed by atoms with Crippen LogP contribution in [0.25, 0.3) is 16.9 Å². The van der Waals surface area contributed by atoms with Crippen molar-refractivity contribution in [3.63, 3.8) is 0 Å². The van der Waals surface area contributed by atoms with Crippen molar-refractivity contribution in [1.29, 1.82) is 0 Å². The molecular weight excluding hydrogens is 478 g/mol. The van der Waals surface area contributed by atoms with Gasteiger partial charge in [0.25, 0.3) is 0 Å². The quantitative estimate of drug-likeness (QED) is 0.217. The molecule has 0 bridgehead atoms. The van der Waals surface area contributed by atoms with Crippen LogP contribution in [0.15, 0.2) is 134 Å². The second-order valence-corrected chi connectivity index (χ2v) is 9.66. The average Bonchev–Trinajstić information content (AvgIpc) is 3.38. The lowest BCUT2D eigenvalue weighted by Gasteiger charge is -2.19. The molecule has 0 saturated heterocycles. The highest BCUT2D eigenvalue weighted by Crippen LogP contribution is 2.35. The molecule has 2 heterocycles. The van der Waals surface area contributed by atoms with Gasteiger partial charge in [0.05, 0.1) is 23.0 Å². The standard InChI is InChI=1S/C35H29N3O/c1-25-13-11-14-26(2)34(25)38-24-32(27-15-5-3-6-16-27)37-35(38)39-30-20-12-19-29(23-30)33(28-17-7-4-8-18-28)31-21-9-10-22-36-31/h3-24,33H,1-2H3. The maximum absolute atomic E-state index is 6.57. The van der Waals surface area contributed by atoms with Crippen LogP contribution in [0.5, 0.6) is 11.8 Å². The van der Waals surface area contributed by atoms with Crippen LogP contribution < -0.4 is 4.74 Å². The van der Waals surface area contributed by atoms with Crippen molar-refractivity contribution in [2.45, 2.75) is 19.8 Å². The fourth-order valence-electron chi connectivity index (χ4n) is 5.12. The number of benzene rings is 4. The zero-order valence-corrected chi connectivity index (χ0v) is 22.0. The third kappa shape index (κ3) is 5.10. The smallest absolute Gasteiger partial charge is 0.307 e. The average molecular weight is 508 g/mol. The molecule has 0 saturated carbocycles. The Morgan fingerprint density at radius 2 is 1.33 bits per heavy atom. The lowest BCUT2D eigenvalue weighted by molar-refractivity contribution is 0.434. The molecule has 2 aromatic heterocycles. The van der Waals surface area contributed by atoms with Crippen molar-refractivity contribution in [2.75, 3.05) is 0 Å². The van der Waals surface area contributed by atoms with Gasteiger partial charge in [-0.3, -0.25) is 9.55 Å². The van der Waals surface area contributed by atoms with Gasteiger partial charge in [-0.2, -0.15) is 4.98 Å². The van der Waals surface area contributed by atoms with Crippen molar-refractivity contribution < 1.29 is 4.74 Å². The Morgan fingerprint density at radius 1 is 0.667 bits per heavy atom. The maximum Gasteiger partial charge on any atom is 0.307 e. The molecule has 0 spiro atoms. The second-order valence-electron chi connectivity index (χ2n) is 9.66. The summed E-state index contributed by atoms with van der Waals surface area (Å²) in [7, 11) is 0. The van der Waals surface area contributed by atoms with Crippen molar-refractivity contribution in [2.24, 2.45) is 0 Å². The van der Waals surface area contributed by atoms with Crippen molar-refractivity contribution >= 4 is 0 Å². The first kappa shape index (κ1) is 24.4. The van der Waals surface area contributed by atoms with E-state index in [1.54, 1.807) is 0 Å². The van der Waals surface area contributed by atoms with E-state index >= 15 is 0 Å². The monoisotopic (exact) mass is 507 g/mol. The number of nitrogens with zero attached hydrogens (tertiary/aromatic N) is 3. The van der Waals surface area contributed by atoms with Crippen LogP contribution in [-0.2, 0) is 0 Å². The minimum absolute atomic E-state index is 0.0193. The Morgan fingerprint density at radius 3 is 2.05 bits per heavy atom. The van der Waals surface area contributed by atoms with E-state index in [9.17, 15) is 0 Å². The molecule has 4 nitrogen and oxygen atoms in total. The molecule has 0 aliphatic carbocycles. The van der Waals surface area contributed by atoms with Crippen LogP contribution >= 0.6 is 0 Å². The Kier molecular flexibility index (Phi) is 6.75. The van der Waals surface area contributed by atoms with Gasteiger partial charge < -0.3 is 4.74 Å². The van der Waals surface area contributed by atoms with E-state index in [1.807, 2.05) is 54.7 Å². The summed E-state index contributed by atoms with van der Waals surface area (Å²) >= 11 is 0. The molecular formula is C35H29N3O. The molecule has 190 valence electrons. The second kappa shape index (κ2) is 10.8. The predicted molar refractivity (Wildman–Crippen MR) is 157 cm³/mol. The highest BCUT2D eigenvalue weighted by atomic mass is 16.5. The van der Waals surface area contributed by atoms with Gasteiger partial charge in [0.15, 0.2) is 0 Å². The normalized spacial score (nSPS) is 11.7. The van der Waals surface area contributed by atoms with Crippen LogP contribution in [0.3, 0.4) is 0 Å². The fraction of sp³-hybridized carbons (Fsp3) is 0.0857. The van der Waals surface area contributed by atoms with Crippen LogP contribution in [0, 0.1) is 13.8 Å². The molecule has 0 fully saturated rings. The van der Waals surface area contributed by atoms with Crippen LogP contribution in [0.1, 0.15) is 33.9 Å². The van der Waals surface area contributed by atoms with Crippen LogP contribution in [0.2, 0.25) is 0 Å². The number of para-hydroxylation sites is 1. The SMILES string of the molecule is Cc1cccc(C)c1-n1cc(-c2ccccc2)nc1Oc1cccc(C(c2ccccc2)c2ccccn2)c1. The first-order valence-electron chi connectivity index (χ1n) is 13.1. The molecule has 6 aromatic rings. The lowest BCUT2D eigenvalue weighted by atomic mass is 9.88. The van der Waals surface area contributed by atoms with Gasteiger partial charge in [-0.15, -0.1) is 0 Å². The highest BCUT2D eigenvalue weighted by molar-refractivity contribution is 5.61. The number of rotatable bonds is 7. The molecule has 0 aliphatic heterocycles. The predicted octanol–water partition coefficient (Wildman–Crippen LogP) is 8.52. The van der Waals surface area contributed by atoms with E-state index in [4.69, 9.17) is 14.7 Å². The van der Waals surface area contributed by atoms with Gasteiger partial charge in [-0.05, 0) is 60.4 Å². The lowest BCUT2D eigenvalue weighted by Crippen LogP contribution is -2.06. The van der Waals surface area contributed by atoms with Gasteiger partial charge in [0.1, 0.15) is 5.75 Å². The highest BCUT2D eigenvalue weighted by Gasteiger charge is 2.20. The van der Waals surface area contributed by atoms with Gasteiger partial charge in [-0.1, -0.05) is 97.1 Å². The van der Waals surface area contributed by atoms with Gasteiger partial charge in [0, 0.05) is 18.0 Å². The Bertz CT molecular complexity index is 1630. The Labute approximate surface area is 229 Å². The van der Waals surface area contributed by atoms with Crippen molar-refractivity contribution in [1.82, 2.24) is 14.5 Å². The van der Waals surface area contributed by atoms with E-state index in [-0.39, 0.29) is 5.92 Å². The first-order chi connectivity index (χ1) is 19.2. The van der Waals surface area contributed by atoms with E-state index in [0.29, 0.717) is 6.01 Å². The topological polar surface area (TPSA) is 39.9 Å². The number of aromatic nitrogens is 3. The summed E-state index contributed by atoms with van der Waals surface area (Å²) < 4.78 is 8.63. The van der Waals surface area contributed by atoms with E-state index < -0.39 is 0 Å². The Balaban J connectivity index is 1.44. The number of hydrogen-bond donors (Lipinski definition) is 0. The van der Waals surface area contributed by atoms with Gasteiger partial charge in [-0.25, -0.2) is 0 Å². The summed E-state index contributed by atoms with van der Waals surface area (Å²) in [6.45, 7) is 4.23. The van der Waals surface area contributed by atoms with Crippen molar-refractivity contribution in [3.8, 4) is 28.7 Å². The largest absolute Gasteiger partial charge is 0.425 e. The summed E-state index contributed by atoms with van der Waals surface area (Å²) in [6, 6.07) is 41.8. The molecule has 1 unspecified atom stereocenters. The summed E-state index contributed by atoms with van der Waals surface area (Å²) in [4.78, 5) is 9.65. The van der Waals surface area contributed by atoms with E-state index in [1.165, 1.54) is 5.56 Å². The number of ether oxygens (including phenoxy) is 1. The first-order valence-corrected chi connectivity index (χ1v) is 13.1. The minimum atomic E-state index is -0.0193. The molecule has 0 amide bonds. The van der Waals surface area contributed by atoms with Gasteiger partial charge >= 0.3 is 6.01 Å². The summed E-state index contributed by atoms with van der Waals surface area (Å²) in [6.07, 6.45) is 3.91. The van der Waals surface area contributed by atoms with E-state index in [2.05, 4.69) is 97.4 Å². The minimum Gasteiger partial charge on any atom is -0.425 e. The molecule has 0 N–H and O–H groups in total. The summed E-state index contributed by atoms with van der Waals surface area (Å²) in [5.74, 6) is 0.705. The number of imidazole rings is 1. The van der Waals surface area contributed by atoms with Crippen LogP contribution in [0.4, 0.5) is 0 Å². The third-order valence-electron chi connectivity index (χ3n) is 6.94. The molecule has 0 aliphatic rings. The maximum atomic E-state index is 6.57. The molecule has 0 radical (unpaired) electrons. The summed E-state index contributed by atoms with van der Waals surface area (Å²) in [5, 5.41) is 0. The third-order valence-corrected chi connectivity index (χ3v) is 6.94. The summed E-state index contributed by atoms with van der Waals surface area (Å²) in [5.41, 5.74) is 8.57. The van der Waals surface area contributed by atoms with Gasteiger partial charge in [0.2, 0.25) is 0 Å². The number of pyridine rings is 1. The molecule has 4 aromatic carbocycles. The molecule has 39 heavy (non-hydrogen) atoms. The zero-order valence-electron chi connectivity index (χ0n) is 22.0. The zero-order chi connectivity index (χ0) is 26.6. The molecule has 1 atom stereocenters. The molecule has 6 rings (SSSR count). The number of aryl methyl sites for hydroxylation is 2. The fourth-order valence-corrected chi connectivity index (χ4v) is 5.12. The number of hydrogen-bond acceptors (Lipinski definition) is 3. The molecule has 4 heteroatoms. The van der Waals surface area contributed by atoms with Crippen LogP contribution in [-0.4, -0.2) is 14.5 Å². The van der Waals surface area contributed by atoms with Crippen molar-refractivity contribution in [3.05, 3.63) is 162 Å². The van der Waals surface area contributed by atoms with E-state index in [0.717, 1.165) is 45.1 Å².